The Hall–Kier alpha value is -1.39. The average molecular weight is 260 g/mol. The van der Waals surface area contributed by atoms with E-state index in [1.807, 2.05) is 23.6 Å². The summed E-state index contributed by atoms with van der Waals surface area (Å²) in [6, 6.07) is 8.05. The first-order chi connectivity index (χ1) is 8.84. The van der Waals surface area contributed by atoms with Crippen molar-refractivity contribution in [1.29, 1.82) is 0 Å². The zero-order valence-electron chi connectivity index (χ0n) is 10.1. The number of carbonyl (C=O) groups is 1. The van der Waals surface area contributed by atoms with Crippen LogP contribution >= 0.6 is 11.3 Å². The second-order valence-corrected chi connectivity index (χ2v) is 5.63. The second-order valence-electron chi connectivity index (χ2n) is 4.71. The fourth-order valence-corrected chi connectivity index (χ4v) is 3.32. The van der Waals surface area contributed by atoms with Gasteiger partial charge < -0.3 is 10.6 Å². The maximum Gasteiger partial charge on any atom is 0.252 e. The van der Waals surface area contributed by atoms with Gasteiger partial charge in [0.05, 0.1) is 5.56 Å². The van der Waals surface area contributed by atoms with Gasteiger partial charge in [0.2, 0.25) is 0 Å². The molecule has 3 rings (SSSR count). The molecule has 2 N–H and O–H groups in total. The lowest BCUT2D eigenvalue weighted by molar-refractivity contribution is 0.0950. The summed E-state index contributed by atoms with van der Waals surface area (Å²) >= 11 is 1.63. The number of rotatable bonds is 3. The standard InChI is InChI=1S/C14H16N2OS/c17-14(16-8-10-5-6-15-7-10)12-9-18-13-4-2-1-3-11(12)13/h1-4,9-10,15H,5-8H2,(H,16,17). The Balaban J connectivity index is 1.71. The monoisotopic (exact) mass is 260 g/mol. The lowest BCUT2D eigenvalue weighted by Crippen LogP contribution is -2.30. The van der Waals surface area contributed by atoms with Crippen LogP contribution in [0.25, 0.3) is 10.1 Å². The van der Waals surface area contributed by atoms with Gasteiger partial charge in [0, 0.05) is 22.0 Å². The summed E-state index contributed by atoms with van der Waals surface area (Å²) in [6.07, 6.45) is 1.16. The largest absolute Gasteiger partial charge is 0.352 e. The van der Waals surface area contributed by atoms with Crippen LogP contribution in [0.5, 0.6) is 0 Å². The van der Waals surface area contributed by atoms with Crippen molar-refractivity contribution in [1.82, 2.24) is 10.6 Å². The number of benzene rings is 1. The molecule has 2 aromatic rings. The zero-order chi connectivity index (χ0) is 12.4. The number of fused-ring (bicyclic) bond motifs is 1. The number of hydrogen-bond acceptors (Lipinski definition) is 3. The van der Waals surface area contributed by atoms with Crippen molar-refractivity contribution in [2.75, 3.05) is 19.6 Å². The smallest absolute Gasteiger partial charge is 0.252 e. The molecule has 1 atom stereocenters. The topological polar surface area (TPSA) is 41.1 Å². The van der Waals surface area contributed by atoms with E-state index in [4.69, 9.17) is 0 Å². The van der Waals surface area contributed by atoms with Crippen LogP contribution in [0.1, 0.15) is 16.8 Å². The number of carbonyl (C=O) groups excluding carboxylic acids is 1. The minimum absolute atomic E-state index is 0.0550. The lowest BCUT2D eigenvalue weighted by Gasteiger charge is -2.09. The fraction of sp³-hybridized carbons (Fsp3) is 0.357. The van der Waals surface area contributed by atoms with E-state index in [1.54, 1.807) is 11.3 Å². The molecule has 1 aliphatic heterocycles. The van der Waals surface area contributed by atoms with Gasteiger partial charge in [-0.25, -0.2) is 0 Å². The molecule has 1 aromatic heterocycles. The van der Waals surface area contributed by atoms with Crippen LogP contribution in [0.15, 0.2) is 29.6 Å². The predicted octanol–water partition coefficient (Wildman–Crippen LogP) is 2.24. The van der Waals surface area contributed by atoms with Gasteiger partial charge in [0.25, 0.3) is 5.91 Å². The molecule has 0 spiro atoms. The first-order valence-electron chi connectivity index (χ1n) is 6.30. The van der Waals surface area contributed by atoms with Gasteiger partial charge in [0.15, 0.2) is 0 Å². The Morgan fingerprint density at radius 1 is 1.44 bits per heavy atom. The van der Waals surface area contributed by atoms with E-state index in [-0.39, 0.29) is 5.91 Å². The van der Waals surface area contributed by atoms with Gasteiger partial charge in [-0.1, -0.05) is 18.2 Å². The van der Waals surface area contributed by atoms with Crippen molar-refractivity contribution in [2.24, 2.45) is 5.92 Å². The third-order valence-electron chi connectivity index (χ3n) is 3.44. The van der Waals surface area contributed by atoms with E-state index >= 15 is 0 Å². The molecule has 1 amide bonds. The van der Waals surface area contributed by atoms with Crippen LogP contribution in [-0.2, 0) is 0 Å². The first kappa shape index (κ1) is 11.7. The molecule has 1 fully saturated rings. The molecule has 4 heteroatoms. The highest BCUT2D eigenvalue weighted by Gasteiger charge is 2.17. The predicted molar refractivity (Wildman–Crippen MR) is 75.1 cm³/mol. The van der Waals surface area contributed by atoms with Crippen molar-refractivity contribution in [3.8, 4) is 0 Å². The Bertz CT molecular complexity index is 558. The van der Waals surface area contributed by atoms with Crippen LogP contribution in [0, 0.1) is 5.92 Å². The Morgan fingerprint density at radius 3 is 3.17 bits per heavy atom. The van der Waals surface area contributed by atoms with Gasteiger partial charge in [-0.2, -0.15) is 0 Å². The summed E-state index contributed by atoms with van der Waals surface area (Å²) < 4.78 is 1.17. The van der Waals surface area contributed by atoms with Crippen molar-refractivity contribution >= 4 is 27.3 Å². The summed E-state index contributed by atoms with van der Waals surface area (Å²) in [7, 11) is 0. The van der Waals surface area contributed by atoms with Crippen LogP contribution in [0.2, 0.25) is 0 Å². The molecular formula is C14H16N2OS. The van der Waals surface area contributed by atoms with Crippen LogP contribution in [0.3, 0.4) is 0 Å². The Labute approximate surface area is 110 Å². The average Bonchev–Trinajstić information content (AvgIpc) is 3.05. The quantitative estimate of drug-likeness (QED) is 0.888. The molecule has 1 aromatic carbocycles. The molecule has 0 bridgehead atoms. The van der Waals surface area contributed by atoms with E-state index in [2.05, 4.69) is 16.7 Å². The third kappa shape index (κ3) is 2.26. The maximum absolute atomic E-state index is 12.2. The van der Waals surface area contributed by atoms with Crippen molar-refractivity contribution in [3.05, 3.63) is 35.2 Å². The highest BCUT2D eigenvalue weighted by Crippen LogP contribution is 2.25. The second kappa shape index (κ2) is 5.08. The van der Waals surface area contributed by atoms with Gasteiger partial charge in [-0.15, -0.1) is 11.3 Å². The van der Waals surface area contributed by atoms with Crippen molar-refractivity contribution < 1.29 is 4.79 Å². The number of amides is 1. The normalized spacial score (nSPS) is 19.2. The van der Waals surface area contributed by atoms with Crippen molar-refractivity contribution in [2.45, 2.75) is 6.42 Å². The van der Waals surface area contributed by atoms with E-state index in [1.165, 1.54) is 4.70 Å². The first-order valence-corrected chi connectivity index (χ1v) is 7.18. The van der Waals surface area contributed by atoms with Gasteiger partial charge >= 0.3 is 0 Å². The molecular weight excluding hydrogens is 244 g/mol. The fourth-order valence-electron chi connectivity index (χ4n) is 2.37. The molecule has 0 saturated carbocycles. The molecule has 3 nitrogen and oxygen atoms in total. The summed E-state index contributed by atoms with van der Waals surface area (Å²) in [6.45, 7) is 2.86. The van der Waals surface area contributed by atoms with Crippen LogP contribution in [0.4, 0.5) is 0 Å². The molecule has 0 aliphatic carbocycles. The maximum atomic E-state index is 12.2. The number of thiophene rings is 1. The molecule has 1 aliphatic rings. The molecule has 1 saturated heterocycles. The molecule has 2 heterocycles. The van der Waals surface area contributed by atoms with Crippen molar-refractivity contribution in [3.63, 3.8) is 0 Å². The highest BCUT2D eigenvalue weighted by molar-refractivity contribution is 7.17. The Morgan fingerprint density at radius 2 is 2.33 bits per heavy atom. The molecule has 18 heavy (non-hydrogen) atoms. The van der Waals surface area contributed by atoms with E-state index < -0.39 is 0 Å². The molecule has 1 unspecified atom stereocenters. The van der Waals surface area contributed by atoms with E-state index in [0.717, 1.165) is 37.0 Å². The van der Waals surface area contributed by atoms with Crippen LogP contribution in [-0.4, -0.2) is 25.5 Å². The Kier molecular flexibility index (Phi) is 3.30. The molecule has 94 valence electrons. The van der Waals surface area contributed by atoms with Crippen LogP contribution < -0.4 is 10.6 Å². The van der Waals surface area contributed by atoms with Gasteiger partial charge in [-0.05, 0) is 31.5 Å². The summed E-state index contributed by atoms with van der Waals surface area (Å²) in [5, 5.41) is 9.37. The number of nitrogens with one attached hydrogen (secondary N) is 2. The van der Waals surface area contributed by atoms with E-state index in [9.17, 15) is 4.79 Å². The summed E-state index contributed by atoms with van der Waals surface area (Å²) in [4.78, 5) is 12.2. The van der Waals surface area contributed by atoms with Gasteiger partial charge in [0.1, 0.15) is 0 Å². The van der Waals surface area contributed by atoms with Gasteiger partial charge in [-0.3, -0.25) is 4.79 Å². The third-order valence-corrected chi connectivity index (χ3v) is 4.40. The lowest BCUT2D eigenvalue weighted by atomic mass is 10.1. The summed E-state index contributed by atoms with van der Waals surface area (Å²) in [5.74, 6) is 0.637. The zero-order valence-corrected chi connectivity index (χ0v) is 10.9. The number of hydrogen-bond donors (Lipinski definition) is 2. The van der Waals surface area contributed by atoms with E-state index in [0.29, 0.717) is 5.92 Å². The highest BCUT2D eigenvalue weighted by atomic mass is 32.1. The summed E-state index contributed by atoms with van der Waals surface area (Å²) in [5.41, 5.74) is 0.807. The minimum atomic E-state index is 0.0550. The minimum Gasteiger partial charge on any atom is -0.352 e. The molecule has 0 radical (unpaired) electrons. The SMILES string of the molecule is O=C(NCC1CCNC1)c1csc2ccccc12.